The first-order valence-electron chi connectivity index (χ1n) is 10.6. The van der Waals surface area contributed by atoms with Crippen molar-refractivity contribution in [2.75, 3.05) is 22.1 Å². The quantitative estimate of drug-likeness (QED) is 0.464. The number of benzene rings is 2. The number of hydrogen-bond donors (Lipinski definition) is 4. The number of halogens is 1. The Morgan fingerprint density at radius 1 is 0.970 bits per heavy atom. The van der Waals surface area contributed by atoms with E-state index in [0.717, 1.165) is 18.5 Å². The number of piperidine rings is 1. The van der Waals surface area contributed by atoms with Crippen molar-refractivity contribution in [1.82, 2.24) is 5.32 Å². The number of amides is 4. The molecule has 0 aromatic heterocycles. The molecule has 174 valence electrons. The zero-order valence-electron chi connectivity index (χ0n) is 17.8. The van der Waals surface area contributed by atoms with Gasteiger partial charge in [0.25, 0.3) is 0 Å². The Balaban J connectivity index is 1.63. The average molecular weight is 473 g/mol. The van der Waals surface area contributed by atoms with Gasteiger partial charge in [-0.1, -0.05) is 11.6 Å². The monoisotopic (exact) mass is 472 g/mol. The number of rotatable bonds is 8. The predicted molar refractivity (Wildman–Crippen MR) is 126 cm³/mol. The molecule has 0 saturated carbocycles. The molecular formula is C23H25ClN4O5. The molecule has 9 nitrogen and oxygen atoms in total. The van der Waals surface area contributed by atoms with Crippen LogP contribution in [0.1, 0.15) is 32.1 Å². The number of hydrogen-bond acceptors (Lipinski definition) is 4. The first-order chi connectivity index (χ1) is 15.8. The number of carbonyl (C=O) groups is 4. The molecule has 2 aromatic rings. The molecule has 1 aliphatic heterocycles. The van der Waals surface area contributed by atoms with Crippen LogP contribution in [-0.2, 0) is 14.4 Å². The maximum Gasteiger partial charge on any atom is 0.319 e. The predicted octanol–water partition coefficient (Wildman–Crippen LogP) is 3.85. The summed E-state index contributed by atoms with van der Waals surface area (Å²) < 4.78 is 0. The SMILES string of the molecule is O=C(O)CC[C@H](NC(=O)Nc1ccc(Cl)cc1)C(=O)Nc1ccc(N2CCCCC2=O)cc1. The van der Waals surface area contributed by atoms with Crippen LogP contribution in [0.5, 0.6) is 0 Å². The van der Waals surface area contributed by atoms with E-state index < -0.39 is 23.9 Å². The highest BCUT2D eigenvalue weighted by Crippen LogP contribution is 2.23. The van der Waals surface area contributed by atoms with Gasteiger partial charge in [-0.05, 0) is 67.8 Å². The van der Waals surface area contributed by atoms with Crippen molar-refractivity contribution in [3.05, 3.63) is 53.6 Å². The van der Waals surface area contributed by atoms with Gasteiger partial charge in [0, 0.05) is 41.5 Å². The fraction of sp³-hybridized carbons (Fsp3) is 0.304. The molecule has 4 amide bonds. The molecule has 10 heteroatoms. The number of nitrogens with one attached hydrogen (secondary N) is 3. The van der Waals surface area contributed by atoms with Crippen LogP contribution in [0.4, 0.5) is 21.9 Å². The summed E-state index contributed by atoms with van der Waals surface area (Å²) in [7, 11) is 0. The van der Waals surface area contributed by atoms with Crippen LogP contribution >= 0.6 is 11.6 Å². The topological polar surface area (TPSA) is 128 Å². The van der Waals surface area contributed by atoms with Crippen LogP contribution in [0.3, 0.4) is 0 Å². The summed E-state index contributed by atoms with van der Waals surface area (Å²) in [4.78, 5) is 49.9. The molecule has 0 radical (unpaired) electrons. The van der Waals surface area contributed by atoms with E-state index in [-0.39, 0.29) is 18.7 Å². The lowest BCUT2D eigenvalue weighted by Crippen LogP contribution is -2.45. The van der Waals surface area contributed by atoms with E-state index in [9.17, 15) is 19.2 Å². The lowest BCUT2D eigenvalue weighted by Gasteiger charge is -2.27. The highest BCUT2D eigenvalue weighted by atomic mass is 35.5. The molecule has 0 spiro atoms. The highest BCUT2D eigenvalue weighted by molar-refractivity contribution is 6.30. The second-order valence-corrected chi connectivity index (χ2v) is 8.07. The third-order valence-corrected chi connectivity index (χ3v) is 5.39. The number of carboxylic acids is 1. The molecule has 0 bridgehead atoms. The summed E-state index contributed by atoms with van der Waals surface area (Å²) in [5.41, 5.74) is 1.69. The van der Waals surface area contributed by atoms with E-state index in [0.29, 0.717) is 29.4 Å². The van der Waals surface area contributed by atoms with Gasteiger partial charge in [-0.15, -0.1) is 0 Å². The standard InChI is InChI=1S/C23H25ClN4O5/c24-15-4-6-17(7-5-15)26-23(33)27-19(12-13-21(30)31)22(32)25-16-8-10-18(11-9-16)28-14-2-1-3-20(28)29/h4-11,19H,1-3,12-14H2,(H,25,32)(H,30,31)(H2,26,27,33)/t19-/m0/s1. The third kappa shape index (κ3) is 7.21. The zero-order chi connectivity index (χ0) is 23.8. The molecule has 1 saturated heterocycles. The number of carbonyl (C=O) groups excluding carboxylic acids is 3. The normalized spacial score (nSPS) is 14.3. The van der Waals surface area contributed by atoms with Gasteiger partial charge < -0.3 is 26.0 Å². The molecule has 1 atom stereocenters. The Labute approximate surface area is 196 Å². The van der Waals surface area contributed by atoms with Gasteiger partial charge in [0.05, 0.1) is 0 Å². The van der Waals surface area contributed by atoms with E-state index in [1.54, 1.807) is 53.4 Å². The fourth-order valence-corrected chi connectivity index (χ4v) is 3.55. The van der Waals surface area contributed by atoms with Crippen LogP contribution in [-0.4, -0.2) is 41.5 Å². The van der Waals surface area contributed by atoms with Crippen LogP contribution in [0.2, 0.25) is 5.02 Å². The fourth-order valence-electron chi connectivity index (χ4n) is 3.43. The number of aliphatic carboxylic acids is 1. The van der Waals surface area contributed by atoms with Crippen molar-refractivity contribution in [2.24, 2.45) is 0 Å². The lowest BCUT2D eigenvalue weighted by molar-refractivity contribution is -0.137. The van der Waals surface area contributed by atoms with Crippen molar-refractivity contribution >= 4 is 52.5 Å². The molecule has 0 unspecified atom stereocenters. The summed E-state index contributed by atoms with van der Waals surface area (Å²) in [6, 6.07) is 11.5. The van der Waals surface area contributed by atoms with Crippen LogP contribution in [0.25, 0.3) is 0 Å². The molecule has 0 aliphatic carbocycles. The molecule has 1 heterocycles. The summed E-state index contributed by atoms with van der Waals surface area (Å²) in [6.07, 6.45) is 1.97. The number of nitrogens with zero attached hydrogens (tertiary/aromatic N) is 1. The smallest absolute Gasteiger partial charge is 0.319 e. The molecule has 2 aromatic carbocycles. The van der Waals surface area contributed by atoms with Gasteiger partial charge in [-0.3, -0.25) is 14.4 Å². The Kier molecular flexibility index (Phi) is 8.26. The maximum absolute atomic E-state index is 12.8. The second kappa shape index (κ2) is 11.3. The molecule has 1 aliphatic rings. The number of urea groups is 1. The van der Waals surface area contributed by atoms with E-state index >= 15 is 0 Å². The van der Waals surface area contributed by atoms with Crippen molar-refractivity contribution in [2.45, 2.75) is 38.1 Å². The van der Waals surface area contributed by atoms with Gasteiger partial charge in [0.2, 0.25) is 11.8 Å². The zero-order valence-corrected chi connectivity index (χ0v) is 18.6. The highest BCUT2D eigenvalue weighted by Gasteiger charge is 2.23. The van der Waals surface area contributed by atoms with E-state index in [2.05, 4.69) is 16.0 Å². The van der Waals surface area contributed by atoms with E-state index in [1.807, 2.05) is 0 Å². The first-order valence-corrected chi connectivity index (χ1v) is 11.0. The van der Waals surface area contributed by atoms with E-state index in [4.69, 9.17) is 16.7 Å². The maximum atomic E-state index is 12.8. The Hall–Kier alpha value is -3.59. The minimum atomic E-state index is -1.08. The molecule has 4 N–H and O–H groups in total. The van der Waals surface area contributed by atoms with Gasteiger partial charge in [0.1, 0.15) is 6.04 Å². The Bertz CT molecular complexity index is 1010. The summed E-state index contributed by atoms with van der Waals surface area (Å²) in [5, 5.41) is 17.3. The van der Waals surface area contributed by atoms with Crippen molar-refractivity contribution in [3.63, 3.8) is 0 Å². The largest absolute Gasteiger partial charge is 0.481 e. The molecule has 3 rings (SSSR count). The minimum absolute atomic E-state index is 0.0719. The summed E-state index contributed by atoms with van der Waals surface area (Å²) in [5.74, 6) is -1.56. The Morgan fingerprint density at radius 3 is 2.24 bits per heavy atom. The van der Waals surface area contributed by atoms with Gasteiger partial charge in [-0.2, -0.15) is 0 Å². The van der Waals surface area contributed by atoms with Crippen molar-refractivity contribution in [1.29, 1.82) is 0 Å². The van der Waals surface area contributed by atoms with Gasteiger partial charge in [0.15, 0.2) is 0 Å². The van der Waals surface area contributed by atoms with Crippen LogP contribution in [0.15, 0.2) is 48.5 Å². The van der Waals surface area contributed by atoms with E-state index in [1.165, 1.54) is 0 Å². The van der Waals surface area contributed by atoms with Gasteiger partial charge >= 0.3 is 12.0 Å². The van der Waals surface area contributed by atoms with Gasteiger partial charge in [-0.25, -0.2) is 4.79 Å². The summed E-state index contributed by atoms with van der Waals surface area (Å²) >= 11 is 5.83. The van der Waals surface area contributed by atoms with Crippen molar-refractivity contribution in [3.8, 4) is 0 Å². The molecule has 33 heavy (non-hydrogen) atoms. The minimum Gasteiger partial charge on any atom is -0.481 e. The number of anilines is 3. The molecular weight excluding hydrogens is 448 g/mol. The first kappa shape index (κ1) is 24.1. The average Bonchev–Trinajstić information content (AvgIpc) is 2.79. The summed E-state index contributed by atoms with van der Waals surface area (Å²) in [6.45, 7) is 0.661. The lowest BCUT2D eigenvalue weighted by atomic mass is 10.1. The Morgan fingerprint density at radius 2 is 1.61 bits per heavy atom. The molecule has 1 fully saturated rings. The second-order valence-electron chi connectivity index (χ2n) is 7.63. The van der Waals surface area contributed by atoms with Crippen LogP contribution < -0.4 is 20.9 Å². The third-order valence-electron chi connectivity index (χ3n) is 5.14. The van der Waals surface area contributed by atoms with Crippen molar-refractivity contribution < 1.29 is 24.3 Å². The van der Waals surface area contributed by atoms with Crippen LogP contribution in [0, 0.1) is 0 Å². The number of carboxylic acid groups (broad SMARTS) is 1.